The van der Waals surface area contributed by atoms with Crippen molar-refractivity contribution in [3.05, 3.63) is 53.1 Å². The summed E-state index contributed by atoms with van der Waals surface area (Å²) in [5.41, 5.74) is 1.92. The second-order valence-corrected chi connectivity index (χ2v) is 7.82. The number of thioether (sulfide) groups is 1. The molecule has 1 aromatic heterocycles. The number of hydrogen-bond acceptors (Lipinski definition) is 5. The molecule has 1 amide bonds. The van der Waals surface area contributed by atoms with Gasteiger partial charge in [0.2, 0.25) is 5.91 Å². The Morgan fingerprint density at radius 2 is 2.04 bits per heavy atom. The molecule has 4 nitrogen and oxygen atoms in total. The molecule has 1 atom stereocenters. The lowest BCUT2D eigenvalue weighted by molar-refractivity contribution is -0.115. The minimum atomic E-state index is -0.0720. The lowest BCUT2D eigenvalue weighted by atomic mass is 10.2. The van der Waals surface area contributed by atoms with Gasteiger partial charge in [-0.1, -0.05) is 35.1 Å². The van der Waals surface area contributed by atoms with E-state index >= 15 is 0 Å². The van der Waals surface area contributed by atoms with Crippen LogP contribution in [0.15, 0.2) is 42.5 Å². The topological polar surface area (TPSA) is 42.4 Å². The molecule has 2 heterocycles. The van der Waals surface area contributed by atoms with E-state index in [0.717, 1.165) is 21.5 Å². The number of nitrogens with zero attached hydrogens (tertiary/aromatic N) is 2. The summed E-state index contributed by atoms with van der Waals surface area (Å²) in [6.07, 6.45) is 0. The van der Waals surface area contributed by atoms with Crippen LogP contribution in [0.5, 0.6) is 5.75 Å². The van der Waals surface area contributed by atoms with E-state index in [1.807, 2.05) is 42.5 Å². The maximum absolute atomic E-state index is 12.4. The number of ether oxygens (including phenoxy) is 1. The Labute approximate surface area is 152 Å². The van der Waals surface area contributed by atoms with Crippen molar-refractivity contribution in [2.45, 2.75) is 5.37 Å². The van der Waals surface area contributed by atoms with E-state index in [1.165, 1.54) is 11.3 Å². The zero-order chi connectivity index (χ0) is 16.7. The number of carbonyl (C=O) groups excluding carboxylic acids is 1. The molecular formula is C17H13ClN2O2S2. The Balaban J connectivity index is 1.74. The van der Waals surface area contributed by atoms with Crippen LogP contribution in [0.2, 0.25) is 5.02 Å². The Morgan fingerprint density at radius 3 is 2.79 bits per heavy atom. The van der Waals surface area contributed by atoms with E-state index < -0.39 is 0 Å². The van der Waals surface area contributed by atoms with Crippen molar-refractivity contribution in [1.82, 2.24) is 4.98 Å². The second kappa shape index (κ2) is 6.27. The van der Waals surface area contributed by atoms with Crippen LogP contribution in [0, 0.1) is 0 Å². The molecule has 24 heavy (non-hydrogen) atoms. The first-order valence-electron chi connectivity index (χ1n) is 7.29. The first-order chi connectivity index (χ1) is 11.7. The Bertz CT molecular complexity index is 911. The molecule has 4 rings (SSSR count). The smallest absolute Gasteiger partial charge is 0.240 e. The molecule has 0 aliphatic carbocycles. The standard InChI is InChI=1S/C17H13ClN2O2S2/c1-22-12-6-7-13-14(8-12)24-17(19-13)20-15(21)9-23-16(20)10-2-4-11(18)5-3-10/h2-8,16H,9H2,1H3/t16-/m0/s1. The highest BCUT2D eigenvalue weighted by atomic mass is 35.5. The van der Waals surface area contributed by atoms with E-state index in [0.29, 0.717) is 15.9 Å². The van der Waals surface area contributed by atoms with Gasteiger partial charge in [0.25, 0.3) is 0 Å². The number of methoxy groups -OCH3 is 1. The van der Waals surface area contributed by atoms with Crippen LogP contribution in [0.25, 0.3) is 10.2 Å². The van der Waals surface area contributed by atoms with Gasteiger partial charge in [-0.25, -0.2) is 4.98 Å². The molecule has 0 N–H and O–H groups in total. The molecule has 0 unspecified atom stereocenters. The van der Waals surface area contributed by atoms with E-state index in [9.17, 15) is 4.79 Å². The van der Waals surface area contributed by atoms with Crippen molar-refractivity contribution < 1.29 is 9.53 Å². The van der Waals surface area contributed by atoms with Gasteiger partial charge < -0.3 is 4.74 Å². The van der Waals surface area contributed by atoms with Crippen molar-refractivity contribution in [1.29, 1.82) is 0 Å². The van der Waals surface area contributed by atoms with Crippen molar-refractivity contribution in [3.8, 4) is 5.75 Å². The number of fused-ring (bicyclic) bond motifs is 1. The summed E-state index contributed by atoms with van der Waals surface area (Å²) in [6, 6.07) is 13.4. The largest absolute Gasteiger partial charge is 0.497 e. The summed E-state index contributed by atoms with van der Waals surface area (Å²) >= 11 is 9.08. The molecule has 1 aliphatic rings. The molecule has 1 fully saturated rings. The van der Waals surface area contributed by atoms with Crippen LogP contribution in [0.1, 0.15) is 10.9 Å². The van der Waals surface area contributed by atoms with Gasteiger partial charge in [-0.05, 0) is 35.9 Å². The fraction of sp³-hybridized carbons (Fsp3) is 0.176. The van der Waals surface area contributed by atoms with Crippen LogP contribution in [0.3, 0.4) is 0 Å². The number of aromatic nitrogens is 1. The highest BCUT2D eigenvalue weighted by molar-refractivity contribution is 8.00. The normalized spacial score (nSPS) is 17.7. The number of rotatable bonds is 3. The zero-order valence-electron chi connectivity index (χ0n) is 12.7. The molecule has 3 aromatic rings. The third-order valence-corrected chi connectivity index (χ3v) is 6.30. The first kappa shape index (κ1) is 15.7. The van der Waals surface area contributed by atoms with Crippen molar-refractivity contribution >= 4 is 56.0 Å². The van der Waals surface area contributed by atoms with Crippen LogP contribution in [0.4, 0.5) is 5.13 Å². The third-order valence-electron chi connectivity index (χ3n) is 3.81. The fourth-order valence-corrected chi connectivity index (χ4v) is 5.02. The van der Waals surface area contributed by atoms with E-state index in [-0.39, 0.29) is 11.3 Å². The zero-order valence-corrected chi connectivity index (χ0v) is 15.1. The first-order valence-corrected chi connectivity index (χ1v) is 9.54. The predicted molar refractivity (Wildman–Crippen MR) is 100 cm³/mol. The molecule has 1 saturated heterocycles. The van der Waals surface area contributed by atoms with Crippen LogP contribution in [-0.2, 0) is 4.79 Å². The van der Waals surface area contributed by atoms with Gasteiger partial charge in [-0.2, -0.15) is 0 Å². The van der Waals surface area contributed by atoms with Gasteiger partial charge in [0, 0.05) is 5.02 Å². The monoisotopic (exact) mass is 376 g/mol. The summed E-state index contributed by atoms with van der Waals surface area (Å²) in [5, 5.41) is 1.33. The minimum absolute atomic E-state index is 0.0720. The number of amides is 1. The van der Waals surface area contributed by atoms with Crippen LogP contribution in [-0.4, -0.2) is 23.8 Å². The summed E-state index contributed by atoms with van der Waals surface area (Å²) in [7, 11) is 1.64. The maximum Gasteiger partial charge on any atom is 0.240 e. The summed E-state index contributed by atoms with van der Waals surface area (Å²) in [6.45, 7) is 0. The number of halogens is 1. The Morgan fingerprint density at radius 1 is 1.25 bits per heavy atom. The molecule has 1 aliphatic heterocycles. The second-order valence-electron chi connectivity index (χ2n) is 5.31. The fourth-order valence-electron chi connectivity index (χ4n) is 2.63. The lowest BCUT2D eigenvalue weighted by Crippen LogP contribution is -2.27. The molecule has 0 spiro atoms. The minimum Gasteiger partial charge on any atom is -0.497 e. The number of hydrogen-bond donors (Lipinski definition) is 0. The molecule has 2 aromatic carbocycles. The van der Waals surface area contributed by atoms with Gasteiger partial charge in [0.05, 0.1) is 23.1 Å². The number of anilines is 1. The summed E-state index contributed by atoms with van der Waals surface area (Å²) < 4.78 is 6.27. The quantitative estimate of drug-likeness (QED) is 0.662. The molecule has 0 saturated carbocycles. The summed E-state index contributed by atoms with van der Waals surface area (Å²) in [4.78, 5) is 18.9. The highest BCUT2D eigenvalue weighted by Crippen LogP contribution is 2.44. The molecule has 0 radical (unpaired) electrons. The van der Waals surface area contributed by atoms with Gasteiger partial charge in [-0.15, -0.1) is 11.8 Å². The molecule has 0 bridgehead atoms. The van der Waals surface area contributed by atoms with E-state index in [1.54, 1.807) is 23.8 Å². The summed E-state index contributed by atoms with van der Waals surface area (Å²) in [5.74, 6) is 1.31. The highest BCUT2D eigenvalue weighted by Gasteiger charge is 2.36. The number of benzene rings is 2. The van der Waals surface area contributed by atoms with Crippen LogP contribution >= 0.6 is 34.7 Å². The molecule has 7 heteroatoms. The van der Waals surface area contributed by atoms with Gasteiger partial charge in [0.1, 0.15) is 11.1 Å². The average Bonchev–Trinajstić information content (AvgIpc) is 3.17. The lowest BCUT2D eigenvalue weighted by Gasteiger charge is -2.21. The van der Waals surface area contributed by atoms with E-state index in [2.05, 4.69) is 4.98 Å². The van der Waals surface area contributed by atoms with E-state index in [4.69, 9.17) is 16.3 Å². The average molecular weight is 377 g/mol. The Hall–Kier alpha value is -1.76. The van der Waals surface area contributed by atoms with Gasteiger partial charge in [-0.3, -0.25) is 9.69 Å². The van der Waals surface area contributed by atoms with Crippen molar-refractivity contribution in [2.24, 2.45) is 0 Å². The van der Waals surface area contributed by atoms with Crippen LogP contribution < -0.4 is 9.64 Å². The molecular weight excluding hydrogens is 364 g/mol. The van der Waals surface area contributed by atoms with Gasteiger partial charge >= 0.3 is 0 Å². The SMILES string of the molecule is COc1ccc2nc(N3C(=O)CS[C@H]3c3ccc(Cl)cc3)sc2c1. The Kier molecular flexibility index (Phi) is 4.12. The number of thiazole rings is 1. The third kappa shape index (κ3) is 2.75. The van der Waals surface area contributed by atoms with Crippen molar-refractivity contribution in [3.63, 3.8) is 0 Å². The van der Waals surface area contributed by atoms with Crippen molar-refractivity contribution in [2.75, 3.05) is 17.8 Å². The maximum atomic E-state index is 12.4. The predicted octanol–water partition coefficient (Wildman–Crippen LogP) is 4.74. The molecule has 122 valence electrons. The van der Waals surface area contributed by atoms with Gasteiger partial charge in [0.15, 0.2) is 5.13 Å². The number of carbonyl (C=O) groups is 1.